The van der Waals surface area contributed by atoms with Gasteiger partial charge in [-0.3, -0.25) is 15.1 Å². The van der Waals surface area contributed by atoms with Gasteiger partial charge in [-0.25, -0.2) is 9.37 Å². The average molecular weight is 628 g/mol. The lowest BCUT2D eigenvalue weighted by molar-refractivity contribution is 0.425. The van der Waals surface area contributed by atoms with Crippen LogP contribution in [-0.2, 0) is 0 Å². The molecule has 0 aliphatic rings. The van der Waals surface area contributed by atoms with E-state index in [9.17, 15) is 4.39 Å². The molecule has 7 aromatic rings. The van der Waals surface area contributed by atoms with Gasteiger partial charge in [0.2, 0.25) is 0 Å². The zero-order chi connectivity index (χ0) is 31.6. The molecule has 2 aromatic carbocycles. The van der Waals surface area contributed by atoms with Crippen LogP contribution in [-0.4, -0.2) is 67.2 Å². The summed E-state index contributed by atoms with van der Waals surface area (Å²) in [7, 11) is 4.01. The predicted molar refractivity (Wildman–Crippen MR) is 186 cm³/mol. The number of rotatable bonds is 9. The Balaban J connectivity index is 1.21. The molecule has 0 radical (unpaired) electrons. The number of fused-ring (bicyclic) bond motifs is 2. The van der Waals surface area contributed by atoms with Crippen LogP contribution in [0.1, 0.15) is 5.56 Å². The summed E-state index contributed by atoms with van der Waals surface area (Å²) in [5.41, 5.74) is 8.56. The maximum absolute atomic E-state index is 14.7. The van der Waals surface area contributed by atoms with Crippen molar-refractivity contribution in [1.29, 1.82) is 0 Å². The Bertz CT molecular complexity index is 2190. The lowest BCUT2D eigenvalue weighted by Gasteiger charge is -2.12. The van der Waals surface area contributed by atoms with Gasteiger partial charge in [0.25, 0.3) is 0 Å². The maximum Gasteiger partial charge on any atom is 0.155 e. The summed E-state index contributed by atoms with van der Waals surface area (Å²) in [5, 5.41) is 16.0. The number of hydrogen-bond acceptors (Lipinski definition) is 7. The average Bonchev–Trinajstić information content (AvgIpc) is 3.69. The Hall–Kier alpha value is -5.52. The second-order valence-corrected chi connectivity index (χ2v) is 11.6. The third kappa shape index (κ3) is 6.06. The largest absolute Gasteiger partial charge is 0.384 e. The Kier molecular flexibility index (Phi) is 7.91. The van der Waals surface area contributed by atoms with Crippen molar-refractivity contribution in [2.75, 3.05) is 37.8 Å². The van der Waals surface area contributed by atoms with Gasteiger partial charge in [-0.1, -0.05) is 42.5 Å². The maximum atomic E-state index is 14.7. The summed E-state index contributed by atoms with van der Waals surface area (Å²) in [6.07, 6.45) is 7.05. The number of thiocarbonyl (C=S) groups is 1. The number of benzene rings is 2. The molecule has 0 aliphatic carbocycles. The van der Waals surface area contributed by atoms with Crippen LogP contribution in [0.3, 0.4) is 0 Å². The van der Waals surface area contributed by atoms with Crippen molar-refractivity contribution in [1.82, 2.24) is 35.0 Å². The fraction of sp³-hybridized carbons (Fsp3) is 0.114. The summed E-state index contributed by atoms with van der Waals surface area (Å²) in [5.74, 6) is -0.327. The predicted octanol–water partition coefficient (Wildman–Crippen LogP) is 7.13. The second-order valence-electron chi connectivity index (χ2n) is 11.2. The molecule has 0 saturated heterocycles. The number of hydrogen-bond donors (Lipinski definition) is 4. The highest BCUT2D eigenvalue weighted by Crippen LogP contribution is 2.35. The smallest absolute Gasteiger partial charge is 0.155 e. The van der Waals surface area contributed by atoms with Crippen molar-refractivity contribution in [3.05, 3.63) is 109 Å². The molecule has 0 bridgehead atoms. The summed E-state index contributed by atoms with van der Waals surface area (Å²) < 4.78 is 14.7. The van der Waals surface area contributed by atoms with Gasteiger partial charge in [0.05, 0.1) is 23.3 Å². The van der Waals surface area contributed by atoms with Gasteiger partial charge >= 0.3 is 0 Å². The number of pyridine rings is 3. The highest BCUT2D eigenvalue weighted by atomic mass is 32.1. The van der Waals surface area contributed by atoms with Crippen LogP contribution in [0.15, 0.2) is 97.6 Å². The fourth-order valence-electron chi connectivity index (χ4n) is 5.39. The Morgan fingerprint density at radius 3 is 2.52 bits per heavy atom. The van der Waals surface area contributed by atoms with Gasteiger partial charge in [-0.2, -0.15) is 5.10 Å². The standard InChI is InChI=1S/C35H30FN9S/c1-45(2)11-10-38-26-13-22(12-25(36)16-26)32-28-17-31(42-30(28)8-9-39-32)33-29-15-24(19-40-34(29)44-43-33)23-14-27(20-37-18-23)41-35(46)21-6-4-3-5-7-21/h3-9,12-20,38,42H,10-11H2,1-2H3,(H,41,46)(H,40,43,44). The van der Waals surface area contributed by atoms with Crippen molar-refractivity contribution in [3.8, 4) is 33.8 Å². The van der Waals surface area contributed by atoms with E-state index in [0.29, 0.717) is 39.8 Å². The summed E-state index contributed by atoms with van der Waals surface area (Å²) >= 11 is 5.60. The minimum Gasteiger partial charge on any atom is -0.384 e. The topological polar surface area (TPSA) is 110 Å². The van der Waals surface area contributed by atoms with Crippen molar-refractivity contribution >= 4 is 50.5 Å². The molecule has 0 unspecified atom stereocenters. The first kappa shape index (κ1) is 29.2. The van der Waals surface area contributed by atoms with E-state index in [1.807, 2.05) is 74.8 Å². The molecule has 5 heterocycles. The molecule has 11 heteroatoms. The van der Waals surface area contributed by atoms with Crippen molar-refractivity contribution in [3.63, 3.8) is 0 Å². The minimum absolute atomic E-state index is 0.327. The molecule has 0 spiro atoms. The molecule has 0 saturated carbocycles. The normalized spacial score (nSPS) is 11.4. The van der Waals surface area contributed by atoms with E-state index in [2.05, 4.69) is 45.7 Å². The number of aromatic amines is 2. The first-order valence-corrected chi connectivity index (χ1v) is 15.2. The van der Waals surface area contributed by atoms with Gasteiger partial charge < -0.3 is 20.5 Å². The Morgan fingerprint density at radius 2 is 1.67 bits per heavy atom. The number of anilines is 2. The van der Waals surface area contributed by atoms with E-state index < -0.39 is 0 Å². The molecule has 228 valence electrons. The molecular formula is C35H30FN9S. The number of H-pyrrole nitrogens is 2. The Morgan fingerprint density at radius 1 is 0.848 bits per heavy atom. The minimum atomic E-state index is -0.327. The van der Waals surface area contributed by atoms with Crippen LogP contribution in [0.25, 0.3) is 55.7 Å². The van der Waals surface area contributed by atoms with Gasteiger partial charge in [-0.05, 0) is 56.6 Å². The number of nitrogens with one attached hydrogen (secondary N) is 4. The molecule has 0 amide bonds. The summed E-state index contributed by atoms with van der Waals surface area (Å²) in [4.78, 5) is 19.9. The van der Waals surface area contributed by atoms with Crippen molar-refractivity contribution in [2.24, 2.45) is 0 Å². The highest BCUT2D eigenvalue weighted by molar-refractivity contribution is 7.81. The molecule has 9 nitrogen and oxygen atoms in total. The van der Waals surface area contributed by atoms with Crippen molar-refractivity contribution in [2.45, 2.75) is 0 Å². The molecule has 4 N–H and O–H groups in total. The molecular weight excluding hydrogens is 598 g/mol. The first-order chi connectivity index (χ1) is 22.4. The first-order valence-electron chi connectivity index (χ1n) is 14.7. The van der Waals surface area contributed by atoms with Gasteiger partial charge in [-0.15, -0.1) is 0 Å². The molecule has 0 aliphatic heterocycles. The number of aromatic nitrogens is 6. The quantitative estimate of drug-likeness (QED) is 0.125. The van der Waals surface area contributed by atoms with Crippen LogP contribution in [0.4, 0.5) is 15.8 Å². The van der Waals surface area contributed by atoms with E-state index in [4.69, 9.17) is 12.2 Å². The SMILES string of the molecule is CN(C)CCNc1cc(F)cc(-c2nccc3[nH]c(-c4n[nH]c5ncc(-c6cncc(NC(=S)c7ccccc7)c6)cc45)cc23)c1. The van der Waals surface area contributed by atoms with Gasteiger partial charge in [0.15, 0.2) is 5.65 Å². The van der Waals surface area contributed by atoms with Crippen LogP contribution in [0.5, 0.6) is 0 Å². The molecule has 5 aromatic heterocycles. The van der Waals surface area contributed by atoms with E-state index in [1.165, 1.54) is 12.1 Å². The van der Waals surface area contributed by atoms with Crippen LogP contribution >= 0.6 is 12.2 Å². The Labute approximate surface area is 269 Å². The number of likely N-dealkylation sites (N-methyl/N-ethyl adjacent to an activating group) is 1. The lowest BCUT2D eigenvalue weighted by atomic mass is 10.1. The van der Waals surface area contributed by atoms with Crippen molar-refractivity contribution < 1.29 is 4.39 Å². The van der Waals surface area contributed by atoms with E-state index in [-0.39, 0.29) is 5.82 Å². The molecule has 0 atom stereocenters. The molecule has 46 heavy (non-hydrogen) atoms. The van der Waals surface area contributed by atoms with Crippen LogP contribution in [0.2, 0.25) is 0 Å². The summed E-state index contributed by atoms with van der Waals surface area (Å²) in [6.45, 7) is 1.53. The highest BCUT2D eigenvalue weighted by Gasteiger charge is 2.17. The lowest BCUT2D eigenvalue weighted by Crippen LogP contribution is -2.20. The third-order valence-corrected chi connectivity index (χ3v) is 7.98. The van der Waals surface area contributed by atoms with E-state index in [1.54, 1.807) is 24.8 Å². The fourth-order valence-corrected chi connectivity index (χ4v) is 5.64. The third-order valence-electron chi connectivity index (χ3n) is 7.64. The van der Waals surface area contributed by atoms with Gasteiger partial charge in [0.1, 0.15) is 16.5 Å². The zero-order valence-electron chi connectivity index (χ0n) is 25.2. The summed E-state index contributed by atoms with van der Waals surface area (Å²) in [6, 6.07) is 22.7. The number of nitrogens with zero attached hydrogens (tertiary/aromatic N) is 5. The zero-order valence-corrected chi connectivity index (χ0v) is 26.0. The van der Waals surface area contributed by atoms with Crippen LogP contribution < -0.4 is 10.6 Å². The van der Waals surface area contributed by atoms with E-state index >= 15 is 0 Å². The molecule has 7 rings (SSSR count). The van der Waals surface area contributed by atoms with E-state index in [0.717, 1.165) is 50.9 Å². The number of halogens is 1. The second kappa shape index (κ2) is 12.5. The monoisotopic (exact) mass is 627 g/mol. The van der Waals surface area contributed by atoms with Gasteiger partial charge in [0, 0.05) is 75.9 Å². The van der Waals surface area contributed by atoms with Crippen LogP contribution in [0, 0.1) is 5.82 Å². The molecule has 0 fully saturated rings.